The van der Waals surface area contributed by atoms with Gasteiger partial charge in [0.1, 0.15) is 18.5 Å². The van der Waals surface area contributed by atoms with Gasteiger partial charge in [-0.1, -0.05) is 53.6 Å². The molecule has 1 heterocycles. The maximum atomic E-state index is 16.2. The Morgan fingerprint density at radius 2 is 1.82 bits per heavy atom. The third kappa shape index (κ3) is 8.96. The number of aliphatic hydroxyl groups excluding tert-OH is 1. The molecule has 6 aliphatic carbocycles. The summed E-state index contributed by atoms with van der Waals surface area (Å²) in [5, 5.41) is 29.0. The Labute approximate surface area is 383 Å². The van der Waals surface area contributed by atoms with Gasteiger partial charge in [-0.3, -0.25) is 33.3 Å². The number of amides is 3. The maximum Gasteiger partial charge on any atom is 0.470 e. The van der Waals surface area contributed by atoms with E-state index < -0.39 is 90.7 Å². The van der Waals surface area contributed by atoms with E-state index in [2.05, 4.69) is 31.9 Å². The number of aliphatic carboxylic acids is 1. The molecule has 1 aromatic rings. The molecule has 7 aliphatic rings. The van der Waals surface area contributed by atoms with Crippen LogP contribution >= 0.6 is 23.8 Å². The highest BCUT2D eigenvalue weighted by molar-refractivity contribution is 9.09. The molecule has 6 fully saturated rings. The molecule has 65 heavy (non-hydrogen) atoms. The molecule has 1 aliphatic heterocycles. The number of Topliss-reactive ketones (excluding diaryl/α,β-unsaturated/α-hetero) is 1. The van der Waals surface area contributed by atoms with E-state index in [0.29, 0.717) is 38.5 Å². The second kappa shape index (κ2) is 17.8. The van der Waals surface area contributed by atoms with Crippen LogP contribution in [0, 0.1) is 45.7 Å². The molecule has 7 N–H and O–H groups in total. The van der Waals surface area contributed by atoms with Crippen molar-refractivity contribution in [3.8, 4) is 0 Å². The smallest absolute Gasteiger partial charge is 0.470 e. The van der Waals surface area contributed by atoms with E-state index in [1.165, 1.54) is 12.1 Å². The molecule has 354 valence electrons. The van der Waals surface area contributed by atoms with Crippen LogP contribution in [0.2, 0.25) is 0 Å². The second-order valence-corrected chi connectivity index (χ2v) is 21.7. The molecule has 8 rings (SSSR count). The molecule has 0 radical (unpaired) electrons. The lowest BCUT2D eigenvalue weighted by Crippen LogP contribution is -2.63. The van der Waals surface area contributed by atoms with Crippen molar-refractivity contribution in [3.05, 3.63) is 58.9 Å². The van der Waals surface area contributed by atoms with Crippen molar-refractivity contribution < 1.29 is 71.7 Å². The highest BCUT2D eigenvalue weighted by Crippen LogP contribution is 2.71. The number of phosphoric ester groups is 1. The molecule has 5 saturated carbocycles. The maximum absolute atomic E-state index is 16.2. The number of phosphoric acid groups is 1. The largest absolute Gasteiger partial charge is 0.481 e. The predicted molar refractivity (Wildman–Crippen MR) is 230 cm³/mol. The Bertz CT molecular complexity index is 2260. The molecule has 0 bridgehead atoms. The summed E-state index contributed by atoms with van der Waals surface area (Å²) >= 11 is 2.99. The number of aliphatic hydroxyl groups is 1. The fourth-order valence-electron chi connectivity index (χ4n) is 13.2. The number of ketones is 2. The average Bonchev–Trinajstić information content (AvgIpc) is 3.71. The van der Waals surface area contributed by atoms with Gasteiger partial charge in [0.05, 0.1) is 24.1 Å². The first-order valence-electron chi connectivity index (χ1n) is 22.2. The number of halogens is 2. The number of fused-ring (bicyclic) bond motifs is 7. The van der Waals surface area contributed by atoms with Crippen molar-refractivity contribution in [2.75, 3.05) is 18.5 Å². The Morgan fingerprint density at radius 1 is 1.08 bits per heavy atom. The third-order valence-electron chi connectivity index (χ3n) is 15.9. The van der Waals surface area contributed by atoms with Crippen LogP contribution in [0.3, 0.4) is 0 Å². The van der Waals surface area contributed by atoms with Crippen LogP contribution in [-0.2, 0) is 53.8 Å². The first kappa shape index (κ1) is 47.8. The van der Waals surface area contributed by atoms with Crippen LogP contribution in [0.5, 0.6) is 0 Å². The molecule has 1 saturated heterocycles. The molecule has 0 unspecified atom stereocenters. The van der Waals surface area contributed by atoms with Gasteiger partial charge in [0, 0.05) is 34.8 Å². The van der Waals surface area contributed by atoms with Crippen molar-refractivity contribution in [2.24, 2.45) is 39.9 Å². The number of rotatable bonds is 16. The zero-order valence-electron chi connectivity index (χ0n) is 36.1. The number of alkyl halides is 1. The van der Waals surface area contributed by atoms with Crippen molar-refractivity contribution in [1.29, 1.82) is 0 Å². The standard InChI is InChI=1S/C45H56BrFN3O14P/c1-42-10-9-27(51)13-25(42)4-6-28-30-14-35-45(34(53)22-62-65(59,60)61,43(30,2)19-33(52)39(28)42)64-41(63-35)29-5-3-23(12-31(29)47)11-24-15-44(16-24)17-26(18-44)49-40(58)32(7-8-38(56)57)50-37(55)21-48-36(54)20-46/h3,5,9-10,12-13,24,26,28,30,32-33,35,39,41,52H,4,6-8,11,14-22H2,1-2H3,(H,48,54)(H,49,58)(H,50,55)(H,56,57)(H2,59,60,61)/t24?,26?,28-,30-,32-,33-,35+,39+,41+,42-,43-,44?,45+/m0/s1. The van der Waals surface area contributed by atoms with E-state index in [4.69, 9.17) is 19.1 Å². The summed E-state index contributed by atoms with van der Waals surface area (Å²) in [6.07, 6.45) is 6.73. The lowest BCUT2D eigenvalue weighted by molar-refractivity contribution is -0.201. The number of carboxylic acids is 1. The third-order valence-corrected chi connectivity index (χ3v) is 16.8. The first-order chi connectivity index (χ1) is 30.6. The zero-order valence-corrected chi connectivity index (χ0v) is 38.6. The van der Waals surface area contributed by atoms with Crippen LogP contribution in [0.1, 0.15) is 95.5 Å². The molecular weight excluding hydrogens is 936 g/mol. The number of hydrogen-bond donors (Lipinski definition) is 7. The normalized spacial score (nSPS) is 37.0. The van der Waals surface area contributed by atoms with Crippen LogP contribution in [0.15, 0.2) is 42.0 Å². The number of carbonyl (C=O) groups is 6. The van der Waals surface area contributed by atoms with Gasteiger partial charge in [-0.25, -0.2) is 8.96 Å². The van der Waals surface area contributed by atoms with Gasteiger partial charge in [0.2, 0.25) is 17.7 Å². The molecule has 1 spiro atoms. The lowest BCUT2D eigenvalue weighted by Gasteiger charge is -2.59. The van der Waals surface area contributed by atoms with Gasteiger partial charge in [-0.05, 0) is 111 Å². The number of carboxylic acid groups (broad SMARTS) is 1. The summed E-state index contributed by atoms with van der Waals surface area (Å²) in [5.74, 6) is -4.49. The molecule has 17 nitrogen and oxygen atoms in total. The minimum atomic E-state index is -5.08. The van der Waals surface area contributed by atoms with E-state index in [0.717, 1.165) is 24.0 Å². The van der Waals surface area contributed by atoms with Gasteiger partial charge in [-0.15, -0.1) is 0 Å². The number of carbonyl (C=O) groups excluding carboxylic acids is 5. The van der Waals surface area contributed by atoms with Gasteiger partial charge in [0.25, 0.3) is 0 Å². The van der Waals surface area contributed by atoms with Crippen LogP contribution in [-0.4, -0.2) is 104 Å². The lowest BCUT2D eigenvalue weighted by atomic mass is 9.46. The number of benzene rings is 1. The fraction of sp³-hybridized carbons (Fsp3) is 0.644. The number of hydrogen-bond acceptors (Lipinski definition) is 11. The molecule has 3 amide bonds. The topological polar surface area (TPSA) is 264 Å². The van der Waals surface area contributed by atoms with Gasteiger partial charge in [-0.2, -0.15) is 0 Å². The SMILES string of the molecule is C[C@]12C=CC(=O)C=C1CC[C@@H]1[C@@H]2[C@@H](O)C[C@@]2(C)[C@H]1C[C@H]1O[C@@H](c3ccc(CC4CC5(C4)CC(NC(=O)[C@H](CCC(=O)O)NC(=O)CNC(=O)CBr)C5)cc3F)O[C@]12C(=O)COP(=O)(O)O. The Kier molecular flexibility index (Phi) is 13.1. The first-order valence-corrected chi connectivity index (χ1v) is 24.9. The molecule has 20 heteroatoms. The quantitative estimate of drug-likeness (QED) is 0.0922. The Hall–Kier alpha value is -3.68. The second-order valence-electron chi connectivity index (χ2n) is 19.9. The van der Waals surface area contributed by atoms with Crippen LogP contribution in [0.25, 0.3) is 0 Å². The van der Waals surface area contributed by atoms with E-state index >= 15 is 4.39 Å². The number of allylic oxidation sites excluding steroid dienone is 4. The summed E-state index contributed by atoms with van der Waals surface area (Å²) in [4.78, 5) is 94.0. The van der Waals surface area contributed by atoms with E-state index in [1.54, 1.807) is 18.2 Å². The van der Waals surface area contributed by atoms with Crippen LogP contribution in [0.4, 0.5) is 4.39 Å². The summed E-state index contributed by atoms with van der Waals surface area (Å²) in [5.41, 5.74) is -1.75. The van der Waals surface area contributed by atoms with Crippen molar-refractivity contribution in [3.63, 3.8) is 0 Å². The zero-order chi connectivity index (χ0) is 46.9. The summed E-state index contributed by atoms with van der Waals surface area (Å²) in [6, 6.07) is 3.53. The number of nitrogens with one attached hydrogen (secondary N) is 3. The monoisotopic (exact) mass is 991 g/mol. The van der Waals surface area contributed by atoms with E-state index in [-0.39, 0.29) is 77.6 Å². The Morgan fingerprint density at radius 3 is 2.49 bits per heavy atom. The van der Waals surface area contributed by atoms with Gasteiger partial charge < -0.3 is 45.4 Å². The fourth-order valence-corrected chi connectivity index (χ4v) is 13.7. The highest BCUT2D eigenvalue weighted by Gasteiger charge is 2.76. The number of ether oxygens (including phenoxy) is 2. The van der Waals surface area contributed by atoms with E-state index in [9.17, 15) is 48.2 Å². The van der Waals surface area contributed by atoms with Gasteiger partial charge >= 0.3 is 13.8 Å². The molecule has 0 aromatic heterocycles. The van der Waals surface area contributed by atoms with E-state index in [1.807, 2.05) is 19.9 Å². The van der Waals surface area contributed by atoms with Crippen molar-refractivity contribution in [1.82, 2.24) is 16.0 Å². The molecular formula is C45H56BrFN3O14P. The van der Waals surface area contributed by atoms with Crippen molar-refractivity contribution >= 4 is 59.0 Å². The molecule has 10 atom stereocenters. The summed E-state index contributed by atoms with van der Waals surface area (Å²) < 4.78 is 45.8. The Balaban J connectivity index is 0.901. The minimum Gasteiger partial charge on any atom is -0.481 e. The summed E-state index contributed by atoms with van der Waals surface area (Å²) in [6.45, 7) is 2.52. The van der Waals surface area contributed by atoms with Crippen molar-refractivity contribution in [2.45, 2.75) is 121 Å². The predicted octanol–water partition coefficient (Wildman–Crippen LogP) is 3.62. The minimum absolute atomic E-state index is 0.00170. The average molecular weight is 993 g/mol. The molecule has 1 aromatic carbocycles. The van der Waals surface area contributed by atoms with Crippen LogP contribution < -0.4 is 16.0 Å². The highest BCUT2D eigenvalue weighted by atomic mass is 79.9. The summed E-state index contributed by atoms with van der Waals surface area (Å²) in [7, 11) is -5.08. The van der Waals surface area contributed by atoms with Gasteiger partial charge in [0.15, 0.2) is 23.5 Å².